The summed E-state index contributed by atoms with van der Waals surface area (Å²) in [5, 5.41) is 0. The van der Waals surface area contributed by atoms with Crippen molar-refractivity contribution in [2.75, 3.05) is 17.2 Å². The van der Waals surface area contributed by atoms with E-state index >= 15 is 0 Å². The maximum absolute atomic E-state index is 12.6. The summed E-state index contributed by atoms with van der Waals surface area (Å²) >= 11 is 3.33. The Kier molecular flexibility index (Phi) is 4.53. The van der Waals surface area contributed by atoms with Gasteiger partial charge in [0.15, 0.2) is 23.5 Å². The first-order chi connectivity index (χ1) is 11.5. The Morgan fingerprint density at radius 2 is 2.00 bits per heavy atom. The topological polar surface area (TPSA) is 85.5 Å². The SMILES string of the molecule is CCC1Oc2ccc(N)nc2N(CC(=O)c2ccc(Br)cc2)C1=O. The highest BCUT2D eigenvalue weighted by molar-refractivity contribution is 9.10. The van der Waals surface area contributed by atoms with Gasteiger partial charge < -0.3 is 10.5 Å². The van der Waals surface area contributed by atoms with E-state index in [2.05, 4.69) is 20.9 Å². The largest absolute Gasteiger partial charge is 0.477 e. The number of pyridine rings is 1. The minimum absolute atomic E-state index is 0.107. The molecular formula is C17H16BrN3O3. The monoisotopic (exact) mass is 389 g/mol. The van der Waals surface area contributed by atoms with E-state index in [1.165, 1.54) is 4.90 Å². The molecule has 1 atom stereocenters. The minimum Gasteiger partial charge on any atom is -0.477 e. The van der Waals surface area contributed by atoms with E-state index in [0.717, 1.165) is 4.47 Å². The first kappa shape index (κ1) is 16.4. The number of hydrogen-bond donors (Lipinski definition) is 1. The lowest BCUT2D eigenvalue weighted by Gasteiger charge is -2.32. The zero-order chi connectivity index (χ0) is 17.3. The predicted octanol–water partition coefficient (Wildman–Crippen LogP) is 2.81. The van der Waals surface area contributed by atoms with Crippen molar-refractivity contribution in [1.29, 1.82) is 0 Å². The lowest BCUT2D eigenvalue weighted by atomic mass is 10.1. The quantitative estimate of drug-likeness (QED) is 0.812. The number of fused-ring (bicyclic) bond motifs is 1. The Morgan fingerprint density at radius 3 is 2.67 bits per heavy atom. The van der Waals surface area contributed by atoms with Crippen molar-refractivity contribution in [3.05, 3.63) is 46.4 Å². The van der Waals surface area contributed by atoms with E-state index in [1.54, 1.807) is 36.4 Å². The van der Waals surface area contributed by atoms with Crippen molar-refractivity contribution in [3.63, 3.8) is 0 Å². The first-order valence-corrected chi connectivity index (χ1v) is 8.32. The smallest absolute Gasteiger partial charge is 0.269 e. The first-order valence-electron chi connectivity index (χ1n) is 7.53. The van der Waals surface area contributed by atoms with Gasteiger partial charge in [-0.2, -0.15) is 0 Å². The number of carbonyl (C=O) groups excluding carboxylic acids is 2. The fourth-order valence-corrected chi connectivity index (χ4v) is 2.76. The zero-order valence-corrected chi connectivity index (χ0v) is 14.6. The van der Waals surface area contributed by atoms with Crippen LogP contribution in [0.1, 0.15) is 23.7 Å². The van der Waals surface area contributed by atoms with Gasteiger partial charge in [0.05, 0.1) is 6.54 Å². The van der Waals surface area contributed by atoms with Gasteiger partial charge in [-0.25, -0.2) is 4.98 Å². The van der Waals surface area contributed by atoms with E-state index in [1.807, 2.05) is 6.92 Å². The molecule has 1 aromatic carbocycles. The van der Waals surface area contributed by atoms with E-state index in [-0.39, 0.29) is 29.9 Å². The molecule has 2 N–H and O–H groups in total. The van der Waals surface area contributed by atoms with Crippen LogP contribution in [0.15, 0.2) is 40.9 Å². The van der Waals surface area contributed by atoms with Crippen LogP contribution in [0.4, 0.5) is 11.6 Å². The third-order valence-corrected chi connectivity index (χ3v) is 4.29. The number of nitrogen functional groups attached to an aromatic ring is 1. The van der Waals surface area contributed by atoms with Crippen molar-refractivity contribution < 1.29 is 14.3 Å². The molecule has 0 aliphatic carbocycles. The summed E-state index contributed by atoms with van der Waals surface area (Å²) in [6.45, 7) is 1.75. The van der Waals surface area contributed by atoms with Crippen molar-refractivity contribution in [1.82, 2.24) is 4.98 Å². The average molecular weight is 390 g/mol. The van der Waals surface area contributed by atoms with Crippen LogP contribution >= 0.6 is 15.9 Å². The summed E-state index contributed by atoms with van der Waals surface area (Å²) < 4.78 is 6.54. The molecule has 0 fully saturated rings. The van der Waals surface area contributed by atoms with Crippen LogP contribution in [-0.2, 0) is 4.79 Å². The van der Waals surface area contributed by atoms with Crippen molar-refractivity contribution in [2.45, 2.75) is 19.4 Å². The third kappa shape index (κ3) is 3.12. The molecule has 1 aliphatic heterocycles. The second kappa shape index (κ2) is 6.60. The molecule has 1 unspecified atom stereocenters. The number of nitrogens with two attached hydrogens (primary N) is 1. The Bertz CT molecular complexity index is 792. The fourth-order valence-electron chi connectivity index (χ4n) is 2.50. The number of Topliss-reactive ketones (excluding diaryl/α,β-unsaturated/α-hetero) is 1. The average Bonchev–Trinajstić information content (AvgIpc) is 2.58. The van der Waals surface area contributed by atoms with Crippen molar-refractivity contribution in [2.24, 2.45) is 0 Å². The van der Waals surface area contributed by atoms with E-state index in [4.69, 9.17) is 10.5 Å². The van der Waals surface area contributed by atoms with Crippen LogP contribution in [0, 0.1) is 0 Å². The summed E-state index contributed by atoms with van der Waals surface area (Å²) in [6, 6.07) is 10.3. The number of anilines is 2. The Morgan fingerprint density at radius 1 is 1.29 bits per heavy atom. The highest BCUT2D eigenvalue weighted by Gasteiger charge is 2.35. The number of nitrogens with zero attached hydrogens (tertiary/aromatic N) is 2. The van der Waals surface area contributed by atoms with Gasteiger partial charge in [0.25, 0.3) is 5.91 Å². The molecule has 1 aliphatic rings. The molecule has 0 saturated heterocycles. The summed E-state index contributed by atoms with van der Waals surface area (Å²) in [4.78, 5) is 30.7. The number of rotatable bonds is 4. The molecule has 24 heavy (non-hydrogen) atoms. The van der Waals surface area contributed by atoms with Crippen LogP contribution in [-0.4, -0.2) is 29.3 Å². The lowest BCUT2D eigenvalue weighted by Crippen LogP contribution is -2.48. The van der Waals surface area contributed by atoms with Gasteiger partial charge in [0.2, 0.25) is 0 Å². The molecule has 0 bridgehead atoms. The molecule has 6 nitrogen and oxygen atoms in total. The molecule has 2 heterocycles. The van der Waals surface area contributed by atoms with Gasteiger partial charge in [-0.05, 0) is 30.7 Å². The van der Waals surface area contributed by atoms with Gasteiger partial charge >= 0.3 is 0 Å². The number of aromatic nitrogens is 1. The zero-order valence-electron chi connectivity index (χ0n) is 13.0. The fraction of sp³-hybridized carbons (Fsp3) is 0.235. The van der Waals surface area contributed by atoms with Crippen LogP contribution < -0.4 is 15.4 Å². The Balaban J connectivity index is 1.93. The van der Waals surface area contributed by atoms with E-state index in [9.17, 15) is 9.59 Å². The molecule has 3 rings (SSSR count). The van der Waals surface area contributed by atoms with Crippen LogP contribution in [0.2, 0.25) is 0 Å². The minimum atomic E-state index is -0.624. The normalized spacial score (nSPS) is 16.5. The molecule has 2 aromatic rings. The van der Waals surface area contributed by atoms with Gasteiger partial charge in [0, 0.05) is 10.0 Å². The number of ketones is 1. The van der Waals surface area contributed by atoms with E-state index in [0.29, 0.717) is 17.7 Å². The highest BCUT2D eigenvalue weighted by atomic mass is 79.9. The third-order valence-electron chi connectivity index (χ3n) is 3.77. The highest BCUT2D eigenvalue weighted by Crippen LogP contribution is 2.33. The molecule has 0 radical (unpaired) electrons. The van der Waals surface area contributed by atoms with Gasteiger partial charge in [-0.15, -0.1) is 0 Å². The van der Waals surface area contributed by atoms with Crippen LogP contribution in [0.25, 0.3) is 0 Å². The van der Waals surface area contributed by atoms with Crippen molar-refractivity contribution >= 4 is 39.3 Å². The van der Waals surface area contributed by atoms with Gasteiger partial charge in [-0.3, -0.25) is 14.5 Å². The molecule has 124 valence electrons. The number of ether oxygens (including phenoxy) is 1. The number of benzene rings is 1. The van der Waals surface area contributed by atoms with Crippen LogP contribution in [0.5, 0.6) is 5.75 Å². The summed E-state index contributed by atoms with van der Waals surface area (Å²) in [6.07, 6.45) is -0.119. The van der Waals surface area contributed by atoms with Crippen LogP contribution in [0.3, 0.4) is 0 Å². The summed E-state index contributed by atoms with van der Waals surface area (Å²) in [5.74, 6) is 0.548. The molecule has 0 spiro atoms. The molecule has 7 heteroatoms. The second-order valence-corrected chi connectivity index (χ2v) is 6.34. The number of hydrogen-bond acceptors (Lipinski definition) is 5. The lowest BCUT2D eigenvalue weighted by molar-refractivity contribution is -0.126. The molecule has 1 aromatic heterocycles. The molecular weight excluding hydrogens is 374 g/mol. The standard InChI is InChI=1S/C17H16BrN3O3/c1-2-13-17(23)21(16-14(24-13)7-8-15(19)20-16)9-12(22)10-3-5-11(18)6-4-10/h3-8,13H,2,9H2,1H3,(H2,19,20). The summed E-state index contributed by atoms with van der Waals surface area (Å²) in [5.41, 5.74) is 6.24. The Hall–Kier alpha value is -2.41. The molecule has 0 saturated carbocycles. The van der Waals surface area contributed by atoms with Gasteiger partial charge in [-0.1, -0.05) is 35.0 Å². The maximum Gasteiger partial charge on any atom is 0.269 e. The summed E-state index contributed by atoms with van der Waals surface area (Å²) in [7, 11) is 0. The van der Waals surface area contributed by atoms with Gasteiger partial charge in [0.1, 0.15) is 5.82 Å². The van der Waals surface area contributed by atoms with Crippen molar-refractivity contribution in [3.8, 4) is 5.75 Å². The predicted molar refractivity (Wildman–Crippen MR) is 94.2 cm³/mol. The number of halogens is 1. The number of amides is 1. The van der Waals surface area contributed by atoms with E-state index < -0.39 is 6.10 Å². The molecule has 1 amide bonds. The number of carbonyl (C=O) groups is 2. The Labute approximate surface area is 147 Å². The second-order valence-electron chi connectivity index (χ2n) is 5.43. The maximum atomic E-state index is 12.6.